The molecule has 248 valence electrons. The molecule has 0 unspecified atom stereocenters. The number of rotatable bonds is 9. The highest BCUT2D eigenvalue weighted by Gasteiger charge is 2.14. The molecule has 9 heteroatoms. The van der Waals surface area contributed by atoms with Crippen LogP contribution in [0, 0.1) is 0 Å². The van der Waals surface area contributed by atoms with Crippen molar-refractivity contribution < 1.29 is 0 Å². The number of hydrogen-bond donors (Lipinski definition) is 2. The summed E-state index contributed by atoms with van der Waals surface area (Å²) in [7, 11) is 0. The van der Waals surface area contributed by atoms with Crippen LogP contribution in [-0.2, 0) is 13.1 Å². The zero-order valence-electron chi connectivity index (χ0n) is 27.6. The number of fused-ring (bicyclic) bond motifs is 2. The molecule has 51 heavy (non-hydrogen) atoms. The molecule has 0 aliphatic rings. The van der Waals surface area contributed by atoms with Gasteiger partial charge in [0.2, 0.25) is 5.28 Å². The maximum Gasteiger partial charge on any atom is 0.224 e. The van der Waals surface area contributed by atoms with E-state index in [9.17, 15) is 0 Å². The van der Waals surface area contributed by atoms with E-state index in [1.54, 1.807) is 18.5 Å². The number of benzene rings is 4. The van der Waals surface area contributed by atoms with Gasteiger partial charge in [-0.15, -0.1) is 0 Å². The quantitative estimate of drug-likeness (QED) is 0.145. The summed E-state index contributed by atoms with van der Waals surface area (Å²) in [5.41, 5.74) is 8.00. The van der Waals surface area contributed by atoms with Crippen LogP contribution < -0.4 is 10.6 Å². The fourth-order valence-electron chi connectivity index (χ4n) is 5.77. The molecule has 0 radical (unpaired) electrons. The number of halogens is 1. The van der Waals surface area contributed by atoms with Gasteiger partial charge in [0, 0.05) is 12.4 Å². The Morgan fingerprint density at radius 3 is 1.49 bits per heavy atom. The Kier molecular flexibility index (Phi) is 10.2. The lowest BCUT2D eigenvalue weighted by atomic mass is 10.0. The molecule has 0 aliphatic heterocycles. The third-order valence-corrected chi connectivity index (χ3v) is 8.28. The van der Waals surface area contributed by atoms with Crippen LogP contribution in [0.4, 0.5) is 11.6 Å². The highest BCUT2D eigenvalue weighted by molar-refractivity contribution is 6.29. The highest BCUT2D eigenvalue weighted by atomic mass is 35.5. The van der Waals surface area contributed by atoms with Crippen molar-refractivity contribution in [2.45, 2.75) is 13.1 Å². The minimum absolute atomic E-state index is 0.223. The normalized spacial score (nSPS) is 10.7. The lowest BCUT2D eigenvalue weighted by Gasteiger charge is -2.13. The zero-order chi connectivity index (χ0) is 34.8. The largest absolute Gasteiger partial charge is 0.364 e. The van der Waals surface area contributed by atoms with Gasteiger partial charge in [0.05, 0.1) is 46.3 Å². The van der Waals surface area contributed by atoms with Gasteiger partial charge in [0.25, 0.3) is 0 Å². The van der Waals surface area contributed by atoms with Crippen molar-refractivity contribution in [2.75, 3.05) is 10.6 Å². The minimum atomic E-state index is 0.223. The summed E-state index contributed by atoms with van der Waals surface area (Å²) in [4.78, 5) is 26.8. The molecule has 8 nitrogen and oxygen atoms in total. The van der Waals surface area contributed by atoms with E-state index in [-0.39, 0.29) is 5.28 Å². The second kappa shape index (κ2) is 15.8. The van der Waals surface area contributed by atoms with E-state index >= 15 is 0 Å². The molecule has 4 aromatic carbocycles. The van der Waals surface area contributed by atoms with Crippen LogP contribution in [0.15, 0.2) is 152 Å². The molecule has 0 fully saturated rings. The fourth-order valence-corrected chi connectivity index (χ4v) is 5.95. The molecular formula is C42H33ClN8. The Morgan fingerprint density at radius 1 is 0.510 bits per heavy atom. The second-order valence-electron chi connectivity index (χ2n) is 11.5. The topological polar surface area (TPSA) is 101 Å². The van der Waals surface area contributed by atoms with Gasteiger partial charge in [-0.25, -0.2) is 19.9 Å². The molecule has 0 saturated heterocycles. The summed E-state index contributed by atoms with van der Waals surface area (Å²) >= 11 is 6.13. The van der Waals surface area contributed by atoms with Gasteiger partial charge in [-0.3, -0.25) is 9.97 Å². The van der Waals surface area contributed by atoms with Gasteiger partial charge in [0.15, 0.2) is 5.82 Å². The number of hydrogen-bond acceptors (Lipinski definition) is 8. The van der Waals surface area contributed by atoms with Crippen LogP contribution in [0.1, 0.15) is 17.2 Å². The van der Waals surface area contributed by atoms with Crippen LogP contribution in [0.5, 0.6) is 0 Å². The number of nitrogens with zero attached hydrogens (tertiary/aromatic N) is 6. The molecule has 0 amide bonds. The number of nitrogens with one attached hydrogen (secondary N) is 2. The predicted octanol–water partition coefficient (Wildman–Crippen LogP) is 9.90. The van der Waals surface area contributed by atoms with E-state index in [1.165, 1.54) is 0 Å². The SMILES string of the molecule is C=Cc1nc(NCc2ccccn2)c2c(-c3ccccc3)cccc2n1.Clc1nc(NCc2ccccn2)c2c(-c3ccccc3)cccc2n1. The maximum absolute atomic E-state index is 6.13. The summed E-state index contributed by atoms with van der Waals surface area (Å²) in [5, 5.41) is 8.96. The average molecular weight is 685 g/mol. The van der Waals surface area contributed by atoms with E-state index in [1.807, 2.05) is 97.1 Å². The van der Waals surface area contributed by atoms with Crippen molar-refractivity contribution >= 4 is 51.1 Å². The van der Waals surface area contributed by atoms with E-state index < -0.39 is 0 Å². The summed E-state index contributed by atoms with van der Waals surface area (Å²) in [6, 6.07) is 44.3. The van der Waals surface area contributed by atoms with E-state index in [0.717, 1.165) is 61.3 Å². The summed E-state index contributed by atoms with van der Waals surface area (Å²) in [6.07, 6.45) is 5.23. The van der Waals surface area contributed by atoms with Gasteiger partial charge < -0.3 is 10.6 Å². The van der Waals surface area contributed by atoms with E-state index in [2.05, 4.69) is 83.5 Å². The van der Waals surface area contributed by atoms with Crippen LogP contribution in [0.3, 0.4) is 0 Å². The maximum atomic E-state index is 6.13. The summed E-state index contributed by atoms with van der Waals surface area (Å²) in [6.45, 7) is 4.96. The smallest absolute Gasteiger partial charge is 0.224 e. The van der Waals surface area contributed by atoms with Crippen LogP contribution in [0.25, 0.3) is 50.1 Å². The third kappa shape index (κ3) is 7.88. The van der Waals surface area contributed by atoms with Crippen molar-refractivity contribution in [1.29, 1.82) is 0 Å². The first-order valence-electron chi connectivity index (χ1n) is 16.4. The zero-order valence-corrected chi connectivity index (χ0v) is 28.4. The minimum Gasteiger partial charge on any atom is -0.364 e. The van der Waals surface area contributed by atoms with Crippen molar-refractivity contribution in [1.82, 2.24) is 29.9 Å². The van der Waals surface area contributed by atoms with Crippen molar-refractivity contribution in [3.63, 3.8) is 0 Å². The Balaban J connectivity index is 0.000000159. The Labute approximate surface area is 301 Å². The summed E-state index contributed by atoms with van der Waals surface area (Å²) < 4.78 is 0. The molecule has 2 N–H and O–H groups in total. The van der Waals surface area contributed by atoms with E-state index in [0.29, 0.717) is 24.7 Å². The van der Waals surface area contributed by atoms with Crippen LogP contribution >= 0.6 is 11.6 Å². The molecule has 0 spiro atoms. The lowest BCUT2D eigenvalue weighted by Crippen LogP contribution is -2.06. The van der Waals surface area contributed by atoms with Gasteiger partial charge in [0.1, 0.15) is 11.6 Å². The monoisotopic (exact) mass is 684 g/mol. The predicted molar refractivity (Wildman–Crippen MR) is 208 cm³/mol. The van der Waals surface area contributed by atoms with Gasteiger partial charge in [-0.05, 0) is 76.3 Å². The molecule has 8 rings (SSSR count). The fraction of sp³-hybridized carbons (Fsp3) is 0.0476. The standard InChI is InChI=1S/C22H18N4.C20H15ClN4/c1-2-20-25-19-13-8-12-18(16-9-4-3-5-10-16)21(19)22(26-20)24-15-17-11-6-7-14-23-17;21-20-24-17-11-6-10-16(14-7-2-1-3-8-14)18(17)19(25-20)23-13-15-9-4-5-12-22-15/h2-14H,1,15H2,(H,24,25,26);1-12H,13H2,(H,23,24,25). The van der Waals surface area contributed by atoms with Crippen LogP contribution in [-0.4, -0.2) is 29.9 Å². The Hall–Kier alpha value is -6.51. The number of anilines is 2. The van der Waals surface area contributed by atoms with Gasteiger partial charge in [-0.2, -0.15) is 0 Å². The molecular weight excluding hydrogens is 652 g/mol. The number of pyridine rings is 2. The lowest BCUT2D eigenvalue weighted by molar-refractivity contribution is 1.03. The molecule has 0 saturated carbocycles. The van der Waals surface area contributed by atoms with Gasteiger partial charge in [-0.1, -0.05) is 104 Å². The molecule has 0 atom stereocenters. The second-order valence-corrected chi connectivity index (χ2v) is 11.8. The van der Waals surface area contributed by atoms with Crippen molar-refractivity contribution in [3.8, 4) is 22.3 Å². The average Bonchev–Trinajstić information content (AvgIpc) is 3.20. The highest BCUT2D eigenvalue weighted by Crippen LogP contribution is 2.34. The first kappa shape index (κ1) is 33.0. The molecule has 4 heterocycles. The molecule has 0 bridgehead atoms. The number of aromatic nitrogens is 6. The van der Waals surface area contributed by atoms with Gasteiger partial charge >= 0.3 is 0 Å². The first-order chi connectivity index (χ1) is 25.2. The third-order valence-electron chi connectivity index (χ3n) is 8.12. The Bertz CT molecular complexity index is 2390. The van der Waals surface area contributed by atoms with E-state index in [4.69, 9.17) is 11.6 Å². The Morgan fingerprint density at radius 2 is 1.00 bits per heavy atom. The summed E-state index contributed by atoms with van der Waals surface area (Å²) in [5.74, 6) is 2.10. The molecule has 4 aromatic heterocycles. The van der Waals surface area contributed by atoms with Crippen molar-refractivity contribution in [3.05, 3.63) is 175 Å². The van der Waals surface area contributed by atoms with Crippen LogP contribution in [0.2, 0.25) is 5.28 Å². The first-order valence-corrected chi connectivity index (χ1v) is 16.8. The van der Waals surface area contributed by atoms with Crippen molar-refractivity contribution in [2.24, 2.45) is 0 Å². The molecule has 0 aliphatic carbocycles. The molecule has 8 aromatic rings.